The van der Waals surface area contributed by atoms with E-state index in [-0.39, 0.29) is 18.8 Å². The number of aromatic amines is 2. The third kappa shape index (κ3) is 6.16. The zero-order valence-corrected chi connectivity index (χ0v) is 25.1. The molecule has 45 heavy (non-hydrogen) atoms. The molecule has 3 aromatic carbocycles. The minimum absolute atomic E-state index is 0.107. The van der Waals surface area contributed by atoms with Crippen molar-refractivity contribution in [1.82, 2.24) is 30.0 Å². The molecule has 1 aliphatic rings. The van der Waals surface area contributed by atoms with Crippen LogP contribution >= 0.6 is 0 Å². The molecular weight excluding hydrogens is 577 g/mol. The zero-order chi connectivity index (χ0) is 31.1. The molecule has 0 unspecified atom stereocenters. The number of nitrogens with one attached hydrogen (secondary N) is 2. The van der Waals surface area contributed by atoms with E-state index in [0.717, 1.165) is 67.6 Å². The summed E-state index contributed by atoms with van der Waals surface area (Å²) in [5.41, 5.74) is 7.71. The van der Waals surface area contributed by atoms with Gasteiger partial charge in [0.1, 0.15) is 23.9 Å². The van der Waals surface area contributed by atoms with E-state index in [2.05, 4.69) is 26.2 Å². The van der Waals surface area contributed by atoms with Crippen molar-refractivity contribution in [2.24, 2.45) is 0 Å². The van der Waals surface area contributed by atoms with Crippen LogP contribution in [0.3, 0.4) is 0 Å². The Morgan fingerprint density at radius 1 is 0.933 bits per heavy atom. The van der Waals surface area contributed by atoms with Crippen LogP contribution in [0.15, 0.2) is 79.1 Å². The van der Waals surface area contributed by atoms with Crippen molar-refractivity contribution in [1.29, 1.82) is 0 Å². The number of likely N-dealkylation sites (N-methyl/N-ethyl adjacent to an activating group) is 1. The number of fused-ring (bicyclic) bond motifs is 2. The van der Waals surface area contributed by atoms with Crippen molar-refractivity contribution in [3.63, 3.8) is 0 Å². The molecule has 0 radical (unpaired) electrons. The standard InChI is InChI=1S/C35H33F3N6O/c1-43(2)10-11-45-27-14-24(13-26(36)16-27)28-4-3-5-31-29(28)17-33(40-31)34-30-15-23(6-7-32(30)41-42-34)25-12-22(18-39-19-25)20-44-9-8-35(37,38)21-44/h3-7,12-19,40H,8-11,20-21H2,1-2H3,(H,41,42). The number of alkyl halides is 2. The number of halogens is 3. The molecule has 4 heterocycles. The summed E-state index contributed by atoms with van der Waals surface area (Å²) in [5, 5.41) is 9.64. The van der Waals surface area contributed by atoms with Gasteiger partial charge >= 0.3 is 0 Å². The minimum Gasteiger partial charge on any atom is -0.492 e. The fourth-order valence-electron chi connectivity index (χ4n) is 6.01. The quantitative estimate of drug-likeness (QED) is 0.179. The Hall–Kier alpha value is -4.67. The number of ether oxygens (including phenoxy) is 1. The fourth-order valence-corrected chi connectivity index (χ4v) is 6.01. The Balaban J connectivity index is 1.20. The van der Waals surface area contributed by atoms with E-state index in [1.54, 1.807) is 17.3 Å². The summed E-state index contributed by atoms with van der Waals surface area (Å²) in [6, 6.07) is 20.8. The van der Waals surface area contributed by atoms with Gasteiger partial charge in [0.05, 0.1) is 17.8 Å². The lowest BCUT2D eigenvalue weighted by Crippen LogP contribution is -2.24. The molecule has 0 saturated carbocycles. The first-order valence-electron chi connectivity index (χ1n) is 14.9. The molecule has 1 saturated heterocycles. The summed E-state index contributed by atoms with van der Waals surface area (Å²) < 4.78 is 48.0. The molecule has 10 heteroatoms. The summed E-state index contributed by atoms with van der Waals surface area (Å²) in [5.74, 6) is -2.50. The average molecular weight is 611 g/mol. The van der Waals surface area contributed by atoms with Gasteiger partial charge < -0.3 is 14.6 Å². The lowest BCUT2D eigenvalue weighted by atomic mass is 10.0. The maximum atomic E-state index is 14.7. The molecular formula is C35H33F3N6O. The van der Waals surface area contributed by atoms with Crippen LogP contribution < -0.4 is 4.74 Å². The van der Waals surface area contributed by atoms with Gasteiger partial charge in [-0.3, -0.25) is 15.0 Å². The molecule has 1 aliphatic heterocycles. The lowest BCUT2D eigenvalue weighted by molar-refractivity contribution is 0.0115. The predicted molar refractivity (Wildman–Crippen MR) is 171 cm³/mol. The maximum Gasteiger partial charge on any atom is 0.261 e. The first-order valence-corrected chi connectivity index (χ1v) is 14.9. The summed E-state index contributed by atoms with van der Waals surface area (Å²) >= 11 is 0. The zero-order valence-electron chi connectivity index (χ0n) is 25.1. The number of hydrogen-bond donors (Lipinski definition) is 2. The lowest BCUT2D eigenvalue weighted by Gasteiger charge is -2.15. The van der Waals surface area contributed by atoms with Crippen LogP contribution in [-0.4, -0.2) is 76.2 Å². The van der Waals surface area contributed by atoms with Crippen molar-refractivity contribution in [2.75, 3.05) is 40.3 Å². The van der Waals surface area contributed by atoms with Crippen molar-refractivity contribution in [2.45, 2.75) is 18.9 Å². The van der Waals surface area contributed by atoms with E-state index < -0.39 is 5.92 Å². The number of likely N-dealkylation sites (tertiary alicyclic amines) is 1. The molecule has 1 fully saturated rings. The van der Waals surface area contributed by atoms with Crippen LogP contribution in [0.4, 0.5) is 13.2 Å². The molecule has 7 rings (SSSR count). The Morgan fingerprint density at radius 3 is 2.64 bits per heavy atom. The first-order chi connectivity index (χ1) is 21.7. The predicted octanol–water partition coefficient (Wildman–Crippen LogP) is 7.36. The highest BCUT2D eigenvalue weighted by Crippen LogP contribution is 2.37. The third-order valence-electron chi connectivity index (χ3n) is 8.25. The van der Waals surface area contributed by atoms with Gasteiger partial charge in [-0.2, -0.15) is 5.10 Å². The van der Waals surface area contributed by atoms with Gasteiger partial charge in [-0.25, -0.2) is 13.2 Å². The van der Waals surface area contributed by atoms with Gasteiger partial charge in [-0.05, 0) is 78.8 Å². The first kappa shape index (κ1) is 29.1. The number of rotatable bonds is 9. The molecule has 0 aliphatic carbocycles. The highest BCUT2D eigenvalue weighted by molar-refractivity contribution is 6.02. The van der Waals surface area contributed by atoms with Crippen molar-refractivity contribution >= 4 is 21.8 Å². The summed E-state index contributed by atoms with van der Waals surface area (Å²) in [6.45, 7) is 1.77. The summed E-state index contributed by atoms with van der Waals surface area (Å²) in [6.07, 6.45) is 3.42. The molecule has 0 spiro atoms. The molecule has 2 N–H and O–H groups in total. The smallest absolute Gasteiger partial charge is 0.261 e. The number of hydrogen-bond acceptors (Lipinski definition) is 5. The highest BCUT2D eigenvalue weighted by Gasteiger charge is 2.37. The van der Waals surface area contributed by atoms with Crippen LogP contribution in [0.5, 0.6) is 5.75 Å². The van der Waals surface area contributed by atoms with Gasteiger partial charge in [0.2, 0.25) is 0 Å². The normalized spacial score (nSPS) is 15.1. The number of pyridine rings is 1. The highest BCUT2D eigenvalue weighted by atomic mass is 19.3. The van der Waals surface area contributed by atoms with Crippen LogP contribution in [0, 0.1) is 5.82 Å². The molecule has 7 nitrogen and oxygen atoms in total. The van der Waals surface area contributed by atoms with Crippen molar-refractivity contribution in [3.05, 3.63) is 90.5 Å². The van der Waals surface area contributed by atoms with Crippen LogP contribution in [-0.2, 0) is 6.54 Å². The number of nitrogens with zero attached hydrogens (tertiary/aromatic N) is 4. The van der Waals surface area contributed by atoms with Crippen LogP contribution in [0.1, 0.15) is 12.0 Å². The fraction of sp³-hybridized carbons (Fsp3) is 0.257. The maximum absolute atomic E-state index is 14.7. The monoisotopic (exact) mass is 610 g/mol. The van der Waals surface area contributed by atoms with E-state index in [1.807, 2.05) is 67.5 Å². The molecule has 0 amide bonds. The van der Waals surface area contributed by atoms with E-state index in [1.165, 1.54) is 12.1 Å². The largest absolute Gasteiger partial charge is 0.492 e. The number of aromatic nitrogens is 4. The molecule has 0 bridgehead atoms. The number of H-pyrrole nitrogens is 2. The Bertz CT molecular complexity index is 2000. The molecule has 3 aromatic heterocycles. The summed E-state index contributed by atoms with van der Waals surface area (Å²) in [4.78, 5) is 11.7. The molecule has 230 valence electrons. The average Bonchev–Trinajstić information content (AvgIpc) is 3.72. The van der Waals surface area contributed by atoms with Gasteiger partial charge in [0, 0.05) is 66.4 Å². The molecule has 6 aromatic rings. The van der Waals surface area contributed by atoms with E-state index in [4.69, 9.17) is 4.74 Å². The van der Waals surface area contributed by atoms with Gasteiger partial charge in [0.25, 0.3) is 5.92 Å². The van der Waals surface area contributed by atoms with E-state index in [0.29, 0.717) is 25.4 Å². The third-order valence-corrected chi connectivity index (χ3v) is 8.25. The summed E-state index contributed by atoms with van der Waals surface area (Å²) in [7, 11) is 3.93. The Kier molecular flexibility index (Phi) is 7.55. The van der Waals surface area contributed by atoms with Crippen molar-refractivity contribution < 1.29 is 17.9 Å². The minimum atomic E-state index is -2.63. The van der Waals surface area contributed by atoms with Crippen LogP contribution in [0.25, 0.3) is 55.4 Å². The van der Waals surface area contributed by atoms with Crippen LogP contribution in [0.2, 0.25) is 0 Å². The Morgan fingerprint density at radius 2 is 1.82 bits per heavy atom. The van der Waals surface area contributed by atoms with Crippen molar-refractivity contribution in [3.8, 4) is 39.4 Å². The topological polar surface area (TPSA) is 73.1 Å². The second kappa shape index (κ2) is 11.7. The Labute approximate surface area is 258 Å². The van der Waals surface area contributed by atoms with Gasteiger partial charge in [-0.15, -0.1) is 0 Å². The molecule has 0 atom stereocenters. The van der Waals surface area contributed by atoms with E-state index >= 15 is 0 Å². The second-order valence-electron chi connectivity index (χ2n) is 12.0. The van der Waals surface area contributed by atoms with Gasteiger partial charge in [0.15, 0.2) is 0 Å². The number of benzene rings is 3. The SMILES string of the molecule is CN(C)CCOc1cc(F)cc(-c2cccc3[nH]c(-c4n[nH]c5ccc(-c6cncc(CN7CCC(F)(F)C7)c6)cc45)cc23)c1. The second-order valence-corrected chi connectivity index (χ2v) is 12.0. The van der Waals surface area contributed by atoms with E-state index in [9.17, 15) is 13.2 Å². The van der Waals surface area contributed by atoms with Gasteiger partial charge in [-0.1, -0.05) is 18.2 Å².